The number of hydrogen-bond acceptors (Lipinski definition) is 7. The molecule has 2 unspecified atom stereocenters. The molecule has 2 aliphatic rings. The van der Waals surface area contributed by atoms with E-state index in [1.807, 2.05) is 25.3 Å². The lowest BCUT2D eigenvalue weighted by Gasteiger charge is -2.08. The number of halogens is 4. The zero-order valence-corrected chi connectivity index (χ0v) is 23.4. The van der Waals surface area contributed by atoms with Crippen LogP contribution in [0.3, 0.4) is 0 Å². The van der Waals surface area contributed by atoms with Gasteiger partial charge in [-0.25, -0.2) is 15.0 Å². The molecule has 0 N–H and O–H groups in total. The van der Waals surface area contributed by atoms with Crippen molar-refractivity contribution in [3.05, 3.63) is 51.4 Å². The van der Waals surface area contributed by atoms with Gasteiger partial charge in [-0.2, -0.15) is 0 Å². The first-order valence-corrected chi connectivity index (χ1v) is 13.8. The highest BCUT2D eigenvalue weighted by molar-refractivity contribution is 7.98. The standard InChI is InChI=1S/C11H13ClN2OS.C11H13ClN2O.CH2Cl2/c1-3-8-6-13-10(15-8)7-4-9(12)11(16-2)14-5-7;1-3-9-6-14-11(15-9)8-4-10(12)7(2)13-5-8;2-1-3/h4-5,8H,3,6H2,1-2H3;4-5,9H,3,6H2,1-2H3;1H2. The van der Waals surface area contributed by atoms with E-state index in [4.69, 9.17) is 55.9 Å². The van der Waals surface area contributed by atoms with Gasteiger partial charge >= 0.3 is 0 Å². The summed E-state index contributed by atoms with van der Waals surface area (Å²) in [7, 11) is 0. The van der Waals surface area contributed by atoms with Crippen LogP contribution in [0.5, 0.6) is 0 Å². The minimum Gasteiger partial charge on any atom is -0.472 e. The SMILES string of the molecule is CCC1CN=C(c2cnc(C)c(Cl)c2)O1.CCC1CN=C(c2cnc(SC)c(Cl)c2)O1.ClCCl. The molecule has 6 nitrogen and oxygen atoms in total. The molecule has 0 spiro atoms. The number of thioether (sulfide) groups is 1. The second-order valence-electron chi connectivity index (χ2n) is 7.20. The summed E-state index contributed by atoms with van der Waals surface area (Å²) in [5, 5.41) is 2.33. The van der Waals surface area contributed by atoms with E-state index in [-0.39, 0.29) is 17.5 Å². The maximum Gasteiger partial charge on any atom is 0.218 e. The van der Waals surface area contributed by atoms with Crippen molar-refractivity contribution in [2.24, 2.45) is 9.98 Å². The van der Waals surface area contributed by atoms with Crippen molar-refractivity contribution in [2.45, 2.75) is 50.8 Å². The Balaban J connectivity index is 0.000000216. The Kier molecular flexibility index (Phi) is 12.8. The van der Waals surface area contributed by atoms with Crippen LogP contribution < -0.4 is 0 Å². The van der Waals surface area contributed by atoms with Crippen LogP contribution in [0.1, 0.15) is 43.5 Å². The van der Waals surface area contributed by atoms with Gasteiger partial charge in [0, 0.05) is 12.4 Å². The topological polar surface area (TPSA) is 69.0 Å². The van der Waals surface area contributed by atoms with Crippen LogP contribution in [0, 0.1) is 6.92 Å². The lowest BCUT2D eigenvalue weighted by molar-refractivity contribution is 0.220. The summed E-state index contributed by atoms with van der Waals surface area (Å²) in [5.74, 6) is 1.32. The zero-order valence-electron chi connectivity index (χ0n) is 19.5. The Morgan fingerprint density at radius 3 is 1.74 bits per heavy atom. The van der Waals surface area contributed by atoms with E-state index in [9.17, 15) is 0 Å². The van der Waals surface area contributed by atoms with Gasteiger partial charge in [-0.1, -0.05) is 37.0 Å². The fourth-order valence-electron chi connectivity index (χ4n) is 2.89. The van der Waals surface area contributed by atoms with Gasteiger partial charge in [0.05, 0.1) is 45.3 Å². The van der Waals surface area contributed by atoms with Gasteiger partial charge in [-0.3, -0.25) is 4.98 Å². The Morgan fingerprint density at radius 2 is 1.35 bits per heavy atom. The maximum atomic E-state index is 6.08. The number of hydrogen-bond donors (Lipinski definition) is 0. The normalized spacial score (nSPS) is 18.5. The Morgan fingerprint density at radius 1 is 0.882 bits per heavy atom. The second kappa shape index (κ2) is 15.0. The molecule has 2 aliphatic heterocycles. The Hall–Kier alpha value is -1.25. The average Bonchev–Trinajstić information content (AvgIpc) is 3.51. The van der Waals surface area contributed by atoms with E-state index in [1.54, 1.807) is 12.4 Å². The Bertz CT molecular complexity index is 1010. The summed E-state index contributed by atoms with van der Waals surface area (Å²) in [4.78, 5) is 17.1. The fourth-order valence-corrected chi connectivity index (χ4v) is 3.87. The summed E-state index contributed by atoms with van der Waals surface area (Å²) in [5.41, 5.74) is 2.55. The number of aromatic nitrogens is 2. The molecule has 34 heavy (non-hydrogen) atoms. The van der Waals surface area contributed by atoms with E-state index >= 15 is 0 Å². The van der Waals surface area contributed by atoms with Crippen molar-refractivity contribution < 1.29 is 9.47 Å². The third kappa shape index (κ3) is 8.45. The van der Waals surface area contributed by atoms with Gasteiger partial charge in [-0.05, 0) is 38.2 Å². The van der Waals surface area contributed by atoms with Gasteiger partial charge in [0.15, 0.2) is 0 Å². The highest BCUT2D eigenvalue weighted by atomic mass is 35.5. The second-order valence-corrected chi connectivity index (χ2v) is 9.61. The minimum absolute atomic E-state index is 0.194. The van der Waals surface area contributed by atoms with Crippen molar-refractivity contribution in [2.75, 3.05) is 24.7 Å². The van der Waals surface area contributed by atoms with Crippen LogP contribution in [0.25, 0.3) is 0 Å². The number of rotatable bonds is 5. The molecular weight excluding hydrogens is 538 g/mol. The van der Waals surface area contributed by atoms with E-state index < -0.39 is 0 Å². The average molecular weight is 566 g/mol. The third-order valence-corrected chi connectivity index (χ3v) is 6.36. The van der Waals surface area contributed by atoms with Crippen LogP contribution in [0.15, 0.2) is 39.5 Å². The van der Waals surface area contributed by atoms with E-state index in [2.05, 4.69) is 33.8 Å². The van der Waals surface area contributed by atoms with Crippen LogP contribution in [0.2, 0.25) is 10.0 Å². The summed E-state index contributed by atoms with van der Waals surface area (Å²) in [6, 6.07) is 3.71. The molecule has 2 atom stereocenters. The molecule has 0 fully saturated rings. The highest BCUT2D eigenvalue weighted by Crippen LogP contribution is 2.25. The summed E-state index contributed by atoms with van der Waals surface area (Å²) in [6.45, 7) is 7.51. The number of pyridine rings is 2. The molecule has 4 rings (SSSR count). The minimum atomic E-state index is 0.194. The smallest absolute Gasteiger partial charge is 0.218 e. The molecule has 0 aliphatic carbocycles. The largest absolute Gasteiger partial charge is 0.472 e. The van der Waals surface area contributed by atoms with Crippen LogP contribution in [-0.2, 0) is 9.47 Å². The molecule has 186 valence electrons. The highest BCUT2D eigenvalue weighted by Gasteiger charge is 2.21. The lowest BCUT2D eigenvalue weighted by Crippen LogP contribution is -2.12. The molecule has 0 bridgehead atoms. The molecular formula is C23H28Cl4N4O2S. The van der Waals surface area contributed by atoms with Crippen molar-refractivity contribution in [1.82, 2.24) is 9.97 Å². The summed E-state index contributed by atoms with van der Waals surface area (Å²) in [6.07, 6.45) is 7.81. The van der Waals surface area contributed by atoms with Crippen molar-refractivity contribution in [1.29, 1.82) is 0 Å². The molecule has 2 aromatic rings. The van der Waals surface area contributed by atoms with Crippen LogP contribution >= 0.6 is 58.2 Å². The molecule has 0 aromatic carbocycles. The summed E-state index contributed by atoms with van der Waals surface area (Å²) >= 11 is 23.1. The third-order valence-electron chi connectivity index (χ3n) is 4.86. The van der Waals surface area contributed by atoms with Gasteiger partial charge in [0.1, 0.15) is 17.2 Å². The monoisotopic (exact) mass is 564 g/mol. The van der Waals surface area contributed by atoms with Crippen molar-refractivity contribution in [3.63, 3.8) is 0 Å². The van der Waals surface area contributed by atoms with Crippen LogP contribution in [0.4, 0.5) is 0 Å². The quantitative estimate of drug-likeness (QED) is 0.287. The van der Waals surface area contributed by atoms with Gasteiger partial charge in [0.25, 0.3) is 0 Å². The van der Waals surface area contributed by atoms with Crippen molar-refractivity contribution in [3.8, 4) is 0 Å². The number of aryl methyl sites for hydroxylation is 1. The van der Waals surface area contributed by atoms with Crippen molar-refractivity contribution >= 4 is 70.0 Å². The molecule has 0 amide bonds. The molecule has 4 heterocycles. The fraction of sp³-hybridized carbons (Fsp3) is 0.478. The first-order valence-electron chi connectivity index (χ1n) is 10.7. The molecule has 11 heteroatoms. The first-order chi connectivity index (χ1) is 16.4. The molecule has 0 saturated heterocycles. The van der Waals surface area contributed by atoms with E-state index in [0.29, 0.717) is 21.8 Å². The number of alkyl halides is 2. The molecule has 0 saturated carbocycles. The predicted octanol–water partition coefficient (Wildman–Crippen LogP) is 7.03. The first kappa shape index (κ1) is 29.0. The number of ether oxygens (including phenoxy) is 2. The van der Waals surface area contributed by atoms with Gasteiger partial charge in [0.2, 0.25) is 11.8 Å². The van der Waals surface area contributed by atoms with Gasteiger partial charge in [-0.15, -0.1) is 35.0 Å². The number of aliphatic imine (C=N–C) groups is 2. The molecule has 0 radical (unpaired) electrons. The lowest BCUT2D eigenvalue weighted by atomic mass is 10.2. The summed E-state index contributed by atoms with van der Waals surface area (Å²) < 4.78 is 11.3. The van der Waals surface area contributed by atoms with Gasteiger partial charge < -0.3 is 9.47 Å². The molecule has 2 aromatic heterocycles. The Labute approximate surface area is 225 Å². The predicted molar refractivity (Wildman–Crippen MR) is 145 cm³/mol. The van der Waals surface area contributed by atoms with E-state index in [1.165, 1.54) is 11.8 Å². The number of nitrogens with zero attached hydrogens (tertiary/aromatic N) is 4. The van der Waals surface area contributed by atoms with E-state index in [0.717, 1.165) is 47.8 Å². The maximum absolute atomic E-state index is 6.08. The zero-order chi connectivity index (χ0) is 25.1. The van der Waals surface area contributed by atoms with Crippen LogP contribution in [-0.4, -0.2) is 58.7 Å².